The molecule has 6 heteroatoms. The van der Waals surface area contributed by atoms with E-state index in [2.05, 4.69) is 27.8 Å². The van der Waals surface area contributed by atoms with E-state index in [0.29, 0.717) is 0 Å². The fraction of sp³-hybridized carbons (Fsp3) is 0.467. The molecule has 2 heterocycles. The summed E-state index contributed by atoms with van der Waals surface area (Å²) < 4.78 is 0. The minimum atomic E-state index is 0.0307. The minimum absolute atomic E-state index is 0.0307. The van der Waals surface area contributed by atoms with Crippen molar-refractivity contribution < 1.29 is 0 Å². The first-order valence-corrected chi connectivity index (χ1v) is 8.30. The second-order valence-corrected chi connectivity index (χ2v) is 6.76. The Bertz CT molecular complexity index is 583. The maximum Gasteiger partial charge on any atom is 0.194 e. The maximum absolute atomic E-state index is 5.61. The number of hydrogen-bond donors (Lipinski definition) is 2. The van der Waals surface area contributed by atoms with Crippen LogP contribution in [0, 0.1) is 0 Å². The molecular weight excluding hydrogens is 300 g/mol. The molecule has 1 unspecified atom stereocenters. The number of thiocarbonyl (C=S) groups is 2. The van der Waals surface area contributed by atoms with E-state index in [4.69, 9.17) is 24.4 Å². The highest BCUT2D eigenvalue weighted by atomic mass is 32.1. The van der Waals surface area contributed by atoms with Crippen LogP contribution in [0.3, 0.4) is 0 Å². The van der Waals surface area contributed by atoms with Gasteiger partial charge in [0, 0.05) is 0 Å². The average molecular weight is 318 g/mol. The maximum atomic E-state index is 5.61. The molecule has 21 heavy (non-hydrogen) atoms. The van der Waals surface area contributed by atoms with Gasteiger partial charge in [-0.1, -0.05) is 37.5 Å². The van der Waals surface area contributed by atoms with Gasteiger partial charge in [0.05, 0.1) is 11.2 Å². The molecule has 0 bridgehead atoms. The van der Waals surface area contributed by atoms with Crippen LogP contribution in [0.4, 0.5) is 5.69 Å². The first-order chi connectivity index (χ1) is 10.2. The molecule has 0 aromatic heterocycles. The van der Waals surface area contributed by atoms with Crippen LogP contribution >= 0.6 is 24.4 Å². The van der Waals surface area contributed by atoms with Gasteiger partial charge in [-0.05, 0) is 49.4 Å². The molecule has 3 aliphatic rings. The molecule has 4 rings (SSSR count). The zero-order chi connectivity index (χ0) is 14.4. The Morgan fingerprint density at radius 2 is 1.71 bits per heavy atom. The molecule has 0 amide bonds. The van der Waals surface area contributed by atoms with E-state index in [1.165, 1.54) is 19.3 Å². The highest BCUT2D eigenvalue weighted by Crippen LogP contribution is 2.40. The summed E-state index contributed by atoms with van der Waals surface area (Å²) in [5, 5.41) is 12.7. The summed E-state index contributed by atoms with van der Waals surface area (Å²) in [7, 11) is 0. The number of anilines is 1. The Morgan fingerprint density at radius 1 is 1.00 bits per heavy atom. The summed E-state index contributed by atoms with van der Waals surface area (Å²) >= 11 is 11.2. The molecule has 1 aliphatic carbocycles. The molecule has 1 spiro atoms. The third-order valence-corrected chi connectivity index (χ3v) is 5.33. The molecule has 2 N–H and O–H groups in total. The van der Waals surface area contributed by atoms with Gasteiger partial charge in [0.25, 0.3) is 0 Å². The smallest absolute Gasteiger partial charge is 0.194 e. The van der Waals surface area contributed by atoms with Crippen LogP contribution in [-0.4, -0.2) is 26.9 Å². The lowest BCUT2D eigenvalue weighted by atomic mass is 9.80. The zero-order valence-corrected chi connectivity index (χ0v) is 13.3. The highest BCUT2D eigenvalue weighted by Gasteiger charge is 2.56. The molecule has 2 saturated heterocycles. The quantitative estimate of drug-likeness (QED) is 0.774. The second kappa shape index (κ2) is 4.81. The highest BCUT2D eigenvalue weighted by molar-refractivity contribution is 7.81. The molecule has 3 fully saturated rings. The largest absolute Gasteiger partial charge is 0.352 e. The summed E-state index contributed by atoms with van der Waals surface area (Å²) in [5.41, 5.74) is 1.08. The van der Waals surface area contributed by atoms with E-state index >= 15 is 0 Å². The van der Waals surface area contributed by atoms with Gasteiger partial charge in [0.15, 0.2) is 10.2 Å². The number of hydrogen-bond acceptors (Lipinski definition) is 2. The normalized spacial score (nSPS) is 26.8. The second-order valence-electron chi connectivity index (χ2n) is 5.99. The van der Waals surface area contributed by atoms with Crippen molar-refractivity contribution in [3.63, 3.8) is 0 Å². The van der Waals surface area contributed by atoms with Gasteiger partial charge in [0.2, 0.25) is 0 Å². The SMILES string of the molecule is S=C1NC2N(C(=S)NC23CCCCC3)N1c1ccccc1. The molecule has 1 aromatic rings. The predicted molar refractivity (Wildman–Crippen MR) is 91.8 cm³/mol. The fourth-order valence-corrected chi connectivity index (χ4v) is 4.46. The zero-order valence-electron chi connectivity index (χ0n) is 11.7. The van der Waals surface area contributed by atoms with Gasteiger partial charge in [-0.3, -0.25) is 0 Å². The summed E-state index contributed by atoms with van der Waals surface area (Å²) in [6, 6.07) is 10.2. The molecule has 1 atom stereocenters. The Kier molecular flexibility index (Phi) is 3.04. The summed E-state index contributed by atoms with van der Waals surface area (Å²) in [6.45, 7) is 0. The number of para-hydroxylation sites is 1. The van der Waals surface area contributed by atoms with Crippen molar-refractivity contribution in [2.24, 2.45) is 0 Å². The molecule has 1 aromatic carbocycles. The van der Waals surface area contributed by atoms with Crippen molar-refractivity contribution in [3.05, 3.63) is 30.3 Å². The van der Waals surface area contributed by atoms with Gasteiger partial charge in [-0.25, -0.2) is 10.0 Å². The number of nitrogens with zero attached hydrogens (tertiary/aromatic N) is 2. The monoisotopic (exact) mass is 318 g/mol. The summed E-state index contributed by atoms with van der Waals surface area (Å²) in [6.07, 6.45) is 6.24. The topological polar surface area (TPSA) is 30.5 Å². The summed E-state index contributed by atoms with van der Waals surface area (Å²) in [4.78, 5) is 0. The van der Waals surface area contributed by atoms with Crippen LogP contribution in [0.5, 0.6) is 0 Å². The van der Waals surface area contributed by atoms with Gasteiger partial charge in [0.1, 0.15) is 6.17 Å². The van der Waals surface area contributed by atoms with Crippen LogP contribution in [0.25, 0.3) is 0 Å². The molecule has 4 nitrogen and oxygen atoms in total. The van der Waals surface area contributed by atoms with Crippen LogP contribution < -0.4 is 15.6 Å². The van der Waals surface area contributed by atoms with Crippen molar-refractivity contribution in [1.82, 2.24) is 15.6 Å². The number of hydrazine groups is 1. The van der Waals surface area contributed by atoms with Crippen molar-refractivity contribution in [2.45, 2.75) is 43.8 Å². The van der Waals surface area contributed by atoms with Crippen LogP contribution in [0.2, 0.25) is 0 Å². The lowest BCUT2D eigenvalue weighted by molar-refractivity contribution is 0.184. The van der Waals surface area contributed by atoms with E-state index in [9.17, 15) is 0 Å². The van der Waals surface area contributed by atoms with Crippen molar-refractivity contribution in [1.29, 1.82) is 0 Å². The van der Waals surface area contributed by atoms with Gasteiger partial charge < -0.3 is 10.6 Å². The lowest BCUT2D eigenvalue weighted by Gasteiger charge is -2.37. The minimum Gasteiger partial charge on any atom is -0.352 e. The van der Waals surface area contributed by atoms with Crippen LogP contribution in [0.1, 0.15) is 32.1 Å². The lowest BCUT2D eigenvalue weighted by Crippen LogP contribution is -2.55. The van der Waals surface area contributed by atoms with Crippen molar-refractivity contribution in [3.8, 4) is 0 Å². The Morgan fingerprint density at radius 3 is 2.43 bits per heavy atom. The van der Waals surface area contributed by atoms with E-state index in [1.54, 1.807) is 0 Å². The molecule has 110 valence electrons. The van der Waals surface area contributed by atoms with Gasteiger partial charge in [-0.15, -0.1) is 0 Å². The molecule has 1 saturated carbocycles. The van der Waals surface area contributed by atoms with E-state index in [1.807, 2.05) is 23.2 Å². The molecular formula is C15H18N4S2. The number of benzene rings is 1. The van der Waals surface area contributed by atoms with E-state index in [-0.39, 0.29) is 11.7 Å². The molecule has 2 aliphatic heterocycles. The first-order valence-electron chi connectivity index (χ1n) is 7.48. The van der Waals surface area contributed by atoms with Gasteiger partial charge in [-0.2, -0.15) is 0 Å². The summed E-state index contributed by atoms with van der Waals surface area (Å²) in [5.74, 6) is 0. The van der Waals surface area contributed by atoms with Crippen LogP contribution in [-0.2, 0) is 0 Å². The number of fused-ring (bicyclic) bond motifs is 2. The Labute approximate surface area is 135 Å². The standard InChI is InChI=1S/C15H18N4S2/c20-13-16-12-15(9-5-2-6-10-15)17-14(21)19(12)18(13)11-7-3-1-4-8-11/h1,3-4,7-8,12H,2,5-6,9-10H2,(H,16,20)(H,17,21). The molecule has 0 radical (unpaired) electrons. The fourth-order valence-electron chi connectivity index (χ4n) is 3.76. The third kappa shape index (κ3) is 1.92. The number of rotatable bonds is 1. The third-order valence-electron chi connectivity index (χ3n) is 4.75. The van der Waals surface area contributed by atoms with Gasteiger partial charge >= 0.3 is 0 Å². The van der Waals surface area contributed by atoms with Crippen LogP contribution in [0.15, 0.2) is 30.3 Å². The van der Waals surface area contributed by atoms with Crippen molar-refractivity contribution >= 4 is 40.3 Å². The van der Waals surface area contributed by atoms with E-state index in [0.717, 1.165) is 28.8 Å². The number of nitrogens with one attached hydrogen (secondary N) is 2. The Balaban J connectivity index is 1.71. The van der Waals surface area contributed by atoms with E-state index < -0.39 is 0 Å². The average Bonchev–Trinajstić information content (AvgIpc) is 2.97. The Hall–Kier alpha value is -1.40. The first kappa shape index (κ1) is 13.3. The van der Waals surface area contributed by atoms with Crippen molar-refractivity contribution in [2.75, 3.05) is 5.01 Å². The predicted octanol–water partition coefficient (Wildman–Crippen LogP) is 2.52.